The molecule has 0 saturated carbocycles. The molecule has 0 amide bonds. The number of hydrogen-bond acceptors (Lipinski definition) is 7. The lowest BCUT2D eigenvalue weighted by atomic mass is 10.0. The van der Waals surface area contributed by atoms with E-state index in [2.05, 4.69) is 4.37 Å². The third-order valence-corrected chi connectivity index (χ3v) is 6.30. The third kappa shape index (κ3) is 5.49. The van der Waals surface area contributed by atoms with Gasteiger partial charge in [-0.1, -0.05) is 11.6 Å². The van der Waals surface area contributed by atoms with Gasteiger partial charge in [0.25, 0.3) is 5.56 Å². The number of fused-ring (bicyclic) bond motifs is 1. The lowest BCUT2D eigenvalue weighted by Crippen LogP contribution is -2.40. The Balaban J connectivity index is 1.80. The molecule has 4 rings (SSSR count). The topological polar surface area (TPSA) is 92.4 Å². The molecule has 2 heterocycles. The number of carbonyl (C=O) groups is 1. The number of ether oxygens (including phenoxy) is 2. The normalized spacial score (nSPS) is 12.1. The highest BCUT2D eigenvalue weighted by molar-refractivity contribution is 7.13. The first-order chi connectivity index (χ1) is 17.7. The van der Waals surface area contributed by atoms with Gasteiger partial charge >= 0.3 is 17.8 Å². The summed E-state index contributed by atoms with van der Waals surface area (Å²) < 4.78 is 57.1. The van der Waals surface area contributed by atoms with E-state index in [-0.39, 0.29) is 12.3 Å². The van der Waals surface area contributed by atoms with Gasteiger partial charge in [-0.05, 0) is 69.6 Å². The Bertz CT molecular complexity index is 1660. The molecule has 0 radical (unpaired) electrons. The van der Waals surface area contributed by atoms with Gasteiger partial charge in [0.15, 0.2) is 6.61 Å². The van der Waals surface area contributed by atoms with Crippen LogP contribution in [-0.2, 0) is 22.8 Å². The van der Waals surface area contributed by atoms with Gasteiger partial charge in [-0.25, -0.2) is 14.2 Å². The van der Waals surface area contributed by atoms with E-state index in [4.69, 9.17) is 9.47 Å². The zero-order chi connectivity index (χ0) is 28.0. The van der Waals surface area contributed by atoms with E-state index >= 15 is 0 Å². The van der Waals surface area contributed by atoms with E-state index in [9.17, 15) is 27.6 Å². The summed E-state index contributed by atoms with van der Waals surface area (Å²) in [6, 6.07) is 10.3. The number of halogens is 3. The third-order valence-electron chi connectivity index (χ3n) is 5.48. The van der Waals surface area contributed by atoms with Crippen LogP contribution in [0.3, 0.4) is 0 Å². The number of rotatable bonds is 5. The molecule has 200 valence electrons. The molecule has 0 unspecified atom stereocenters. The molecule has 38 heavy (non-hydrogen) atoms. The first-order valence-corrected chi connectivity index (χ1v) is 12.2. The Morgan fingerprint density at radius 1 is 1.05 bits per heavy atom. The molecule has 4 aromatic rings. The lowest BCUT2D eigenvalue weighted by Gasteiger charge is -2.20. The summed E-state index contributed by atoms with van der Waals surface area (Å²) in [5.41, 5.74) is -2.26. The molecule has 12 heteroatoms. The molecule has 0 fully saturated rings. The molecule has 0 spiro atoms. The van der Waals surface area contributed by atoms with E-state index in [1.165, 1.54) is 12.1 Å². The van der Waals surface area contributed by atoms with Crippen LogP contribution in [-0.4, -0.2) is 31.7 Å². The van der Waals surface area contributed by atoms with Crippen LogP contribution in [0.1, 0.15) is 32.0 Å². The van der Waals surface area contributed by atoms with E-state index in [0.29, 0.717) is 42.3 Å². The molecule has 0 aliphatic carbocycles. The van der Waals surface area contributed by atoms with Crippen molar-refractivity contribution in [3.05, 3.63) is 74.6 Å². The monoisotopic (exact) mass is 547 g/mol. The van der Waals surface area contributed by atoms with Crippen LogP contribution < -0.4 is 16.0 Å². The molecule has 0 bridgehead atoms. The van der Waals surface area contributed by atoms with E-state index in [0.717, 1.165) is 24.1 Å². The van der Waals surface area contributed by atoms with Crippen molar-refractivity contribution in [2.75, 3.05) is 6.61 Å². The fourth-order valence-corrected chi connectivity index (χ4v) is 4.63. The molecular weight excluding hydrogens is 523 g/mol. The van der Waals surface area contributed by atoms with Crippen molar-refractivity contribution in [2.45, 2.75) is 39.5 Å². The molecule has 2 aromatic heterocycles. The van der Waals surface area contributed by atoms with Crippen LogP contribution in [0.15, 0.2) is 52.1 Å². The first kappa shape index (κ1) is 27.1. The van der Waals surface area contributed by atoms with Crippen LogP contribution in [0.25, 0.3) is 27.0 Å². The van der Waals surface area contributed by atoms with E-state index < -0.39 is 34.7 Å². The van der Waals surface area contributed by atoms with Crippen molar-refractivity contribution in [1.29, 1.82) is 0 Å². The second kappa shape index (κ2) is 9.75. The second-order valence-corrected chi connectivity index (χ2v) is 10.4. The quantitative estimate of drug-likeness (QED) is 0.332. The average Bonchev–Trinajstić information content (AvgIpc) is 3.22. The Morgan fingerprint density at radius 3 is 2.42 bits per heavy atom. The summed E-state index contributed by atoms with van der Waals surface area (Å²) in [4.78, 5) is 37.6. The molecular formula is C26H24F3N3O5S. The summed E-state index contributed by atoms with van der Waals surface area (Å²) in [7, 11) is 0.957. The zero-order valence-electron chi connectivity index (χ0n) is 21.2. The van der Waals surface area contributed by atoms with Crippen LogP contribution in [0, 0.1) is 6.92 Å². The molecule has 0 aliphatic rings. The SMILES string of the molecule is Cc1ccc(OCC(=O)OC(C)(C)C)c(-c2nsc3ccc(-n4c(=O)cc(C(F)(F)F)n(C)c4=O)cc23)c1. The van der Waals surface area contributed by atoms with Crippen LogP contribution in [0.4, 0.5) is 13.2 Å². The zero-order valence-corrected chi connectivity index (χ0v) is 22.0. The minimum absolute atomic E-state index is 0.0853. The fraction of sp³-hybridized carbons (Fsp3) is 0.308. The molecule has 0 aliphatic heterocycles. The van der Waals surface area contributed by atoms with Crippen LogP contribution >= 0.6 is 11.5 Å². The predicted molar refractivity (Wildman–Crippen MR) is 137 cm³/mol. The number of aromatic nitrogens is 3. The summed E-state index contributed by atoms with van der Waals surface area (Å²) in [6.07, 6.45) is -4.86. The van der Waals surface area contributed by atoms with Gasteiger partial charge in [-0.3, -0.25) is 9.36 Å². The smallest absolute Gasteiger partial charge is 0.431 e. The van der Waals surface area contributed by atoms with Crippen molar-refractivity contribution >= 4 is 27.6 Å². The van der Waals surface area contributed by atoms with Gasteiger partial charge in [-0.2, -0.15) is 17.5 Å². The Labute approximate surface area is 219 Å². The lowest BCUT2D eigenvalue weighted by molar-refractivity contribution is -0.157. The minimum atomic E-state index is -4.86. The molecule has 0 saturated heterocycles. The maximum atomic E-state index is 13.3. The highest BCUT2D eigenvalue weighted by atomic mass is 32.1. The average molecular weight is 548 g/mol. The van der Waals surface area contributed by atoms with Crippen molar-refractivity contribution < 1.29 is 27.4 Å². The largest absolute Gasteiger partial charge is 0.481 e. The summed E-state index contributed by atoms with van der Waals surface area (Å²) in [6.45, 7) is 6.77. The summed E-state index contributed by atoms with van der Waals surface area (Å²) in [5, 5.41) is 0.550. The van der Waals surface area contributed by atoms with Gasteiger partial charge in [-0.15, -0.1) is 0 Å². The number of hydrogen-bond donors (Lipinski definition) is 0. The summed E-state index contributed by atoms with van der Waals surface area (Å²) in [5.74, 6) is -0.186. The molecule has 0 N–H and O–H groups in total. The number of esters is 1. The number of nitrogens with zero attached hydrogens (tertiary/aromatic N) is 3. The Kier molecular flexibility index (Phi) is 6.96. The molecule has 8 nitrogen and oxygen atoms in total. The first-order valence-electron chi connectivity index (χ1n) is 11.4. The Morgan fingerprint density at radius 2 is 1.76 bits per heavy atom. The van der Waals surface area contributed by atoms with Crippen molar-refractivity contribution in [2.24, 2.45) is 7.05 Å². The van der Waals surface area contributed by atoms with Crippen molar-refractivity contribution in [3.63, 3.8) is 0 Å². The van der Waals surface area contributed by atoms with Crippen molar-refractivity contribution in [3.8, 4) is 22.7 Å². The Hall–Kier alpha value is -3.93. The van der Waals surface area contributed by atoms with Crippen LogP contribution in [0.5, 0.6) is 5.75 Å². The van der Waals surface area contributed by atoms with Gasteiger partial charge in [0.2, 0.25) is 0 Å². The number of carbonyl (C=O) groups excluding carboxylic acids is 1. The second-order valence-electron chi connectivity index (χ2n) is 9.63. The minimum Gasteiger partial charge on any atom is -0.481 e. The van der Waals surface area contributed by atoms with Gasteiger partial charge in [0.05, 0.1) is 16.1 Å². The number of aryl methyl sites for hydroxylation is 1. The highest BCUT2D eigenvalue weighted by Crippen LogP contribution is 2.37. The molecule has 0 atom stereocenters. The maximum Gasteiger partial charge on any atom is 0.431 e. The highest BCUT2D eigenvalue weighted by Gasteiger charge is 2.35. The number of benzene rings is 2. The fourth-order valence-electron chi connectivity index (χ4n) is 3.86. The van der Waals surface area contributed by atoms with Gasteiger partial charge in [0, 0.05) is 24.1 Å². The van der Waals surface area contributed by atoms with Crippen LogP contribution in [0.2, 0.25) is 0 Å². The molecule has 2 aromatic carbocycles. The maximum absolute atomic E-state index is 13.3. The predicted octanol–water partition coefficient (Wildman–Crippen LogP) is 4.86. The number of alkyl halides is 3. The van der Waals surface area contributed by atoms with Crippen molar-refractivity contribution in [1.82, 2.24) is 13.5 Å². The standard InChI is InChI=1S/C26H24F3N3O5S/c1-14-6-8-18(36-13-22(34)37-25(2,3)4)16(10-14)23-17-11-15(7-9-19(17)38-30-23)32-21(33)12-20(26(27,28)29)31(5)24(32)35/h6-12H,13H2,1-5H3. The summed E-state index contributed by atoms with van der Waals surface area (Å²) >= 11 is 1.16. The van der Waals surface area contributed by atoms with E-state index in [1.807, 2.05) is 13.0 Å². The van der Waals surface area contributed by atoms with Gasteiger partial charge < -0.3 is 9.47 Å². The van der Waals surface area contributed by atoms with Gasteiger partial charge in [0.1, 0.15) is 17.0 Å². The van der Waals surface area contributed by atoms with E-state index in [1.54, 1.807) is 39.0 Å².